The van der Waals surface area contributed by atoms with Crippen molar-refractivity contribution in [3.05, 3.63) is 29.8 Å². The molecule has 0 spiro atoms. The lowest BCUT2D eigenvalue weighted by Crippen LogP contribution is -2.43. The largest absolute Gasteiger partial charge is 0.491 e. The van der Waals surface area contributed by atoms with Crippen LogP contribution in [0.4, 0.5) is 0 Å². The lowest BCUT2D eigenvalue weighted by atomic mass is 9.81. The number of hydrogen-bond donors (Lipinski definition) is 2. The van der Waals surface area contributed by atoms with Crippen molar-refractivity contribution in [3.8, 4) is 5.75 Å². The average molecular weight is 341 g/mol. The number of rotatable bonds is 6. The first-order chi connectivity index (χ1) is 10.5. The fourth-order valence-corrected chi connectivity index (χ4v) is 2.77. The summed E-state index contributed by atoms with van der Waals surface area (Å²) in [6.07, 6.45) is 2.78. The molecule has 0 bridgehead atoms. The van der Waals surface area contributed by atoms with Gasteiger partial charge in [-0.25, -0.2) is 0 Å². The molecule has 1 aliphatic rings. The molecule has 2 N–H and O–H groups in total. The average Bonchev–Trinajstić information content (AvgIpc) is 2.46. The van der Waals surface area contributed by atoms with E-state index in [1.807, 2.05) is 38.1 Å². The molecule has 0 aromatic heterocycles. The summed E-state index contributed by atoms with van der Waals surface area (Å²) in [6, 6.07) is 7.79. The topological polar surface area (TPSA) is 50.4 Å². The summed E-state index contributed by atoms with van der Waals surface area (Å²) in [7, 11) is 0. The van der Waals surface area contributed by atoms with Gasteiger partial charge in [0.15, 0.2) is 0 Å². The smallest absolute Gasteiger partial charge is 0.224 e. The fraction of sp³-hybridized carbons (Fsp3) is 0.611. The van der Waals surface area contributed by atoms with Gasteiger partial charge in [-0.15, -0.1) is 12.4 Å². The van der Waals surface area contributed by atoms with Crippen molar-refractivity contribution in [2.45, 2.75) is 46.1 Å². The summed E-state index contributed by atoms with van der Waals surface area (Å²) in [5, 5.41) is 6.46. The summed E-state index contributed by atoms with van der Waals surface area (Å²) >= 11 is 0. The Morgan fingerprint density at radius 3 is 2.70 bits per heavy atom. The molecular weight excluding hydrogens is 312 g/mol. The van der Waals surface area contributed by atoms with E-state index >= 15 is 0 Å². The molecule has 1 aromatic carbocycles. The van der Waals surface area contributed by atoms with Crippen molar-refractivity contribution in [2.75, 3.05) is 19.6 Å². The van der Waals surface area contributed by atoms with E-state index in [-0.39, 0.29) is 29.8 Å². The maximum Gasteiger partial charge on any atom is 0.224 e. The van der Waals surface area contributed by atoms with Crippen molar-refractivity contribution < 1.29 is 9.53 Å². The highest BCUT2D eigenvalue weighted by Gasteiger charge is 2.26. The molecule has 1 heterocycles. The molecule has 5 heteroatoms. The minimum atomic E-state index is 0. The van der Waals surface area contributed by atoms with Gasteiger partial charge >= 0.3 is 0 Å². The second kappa shape index (κ2) is 9.14. The Morgan fingerprint density at radius 1 is 1.35 bits per heavy atom. The van der Waals surface area contributed by atoms with Gasteiger partial charge in [-0.05, 0) is 62.9 Å². The summed E-state index contributed by atoms with van der Waals surface area (Å²) in [6.45, 7) is 9.10. The van der Waals surface area contributed by atoms with E-state index in [9.17, 15) is 4.79 Å². The van der Waals surface area contributed by atoms with Crippen molar-refractivity contribution in [1.82, 2.24) is 10.6 Å². The zero-order valence-corrected chi connectivity index (χ0v) is 15.2. The molecule has 0 atom stereocenters. The Hall–Kier alpha value is -1.26. The number of nitrogens with one attached hydrogen (secondary N) is 2. The van der Waals surface area contributed by atoms with E-state index in [2.05, 4.69) is 17.6 Å². The van der Waals surface area contributed by atoms with Crippen LogP contribution < -0.4 is 15.4 Å². The molecule has 0 unspecified atom stereocenters. The number of piperidine rings is 1. The molecule has 2 rings (SSSR count). The number of amides is 1. The first-order valence-corrected chi connectivity index (χ1v) is 8.20. The Labute approximate surface area is 145 Å². The Morgan fingerprint density at radius 2 is 2.04 bits per heavy atom. The molecule has 1 saturated heterocycles. The van der Waals surface area contributed by atoms with E-state index in [1.165, 1.54) is 0 Å². The second-order valence-corrected chi connectivity index (χ2v) is 6.83. The summed E-state index contributed by atoms with van der Waals surface area (Å²) in [5.41, 5.74) is 1.22. The number of ether oxygens (including phenoxy) is 1. The van der Waals surface area contributed by atoms with E-state index in [1.54, 1.807) is 0 Å². The lowest BCUT2D eigenvalue weighted by molar-refractivity contribution is -0.121. The zero-order chi connectivity index (χ0) is 16.0. The highest BCUT2D eigenvalue weighted by molar-refractivity contribution is 5.85. The molecule has 1 amide bonds. The number of carbonyl (C=O) groups excluding carboxylic acids is 1. The van der Waals surface area contributed by atoms with Gasteiger partial charge in [0.05, 0.1) is 12.5 Å². The second-order valence-electron chi connectivity index (χ2n) is 6.83. The van der Waals surface area contributed by atoms with Crippen LogP contribution >= 0.6 is 12.4 Å². The van der Waals surface area contributed by atoms with Crippen LogP contribution in [0.25, 0.3) is 0 Å². The SMILES string of the molecule is CC(C)Oc1cccc(CC(=O)NCC2(C)CCNCC2)c1.Cl. The summed E-state index contributed by atoms with van der Waals surface area (Å²) in [4.78, 5) is 12.2. The molecule has 0 saturated carbocycles. The first kappa shape index (κ1) is 19.8. The number of carbonyl (C=O) groups is 1. The Kier molecular flexibility index (Phi) is 7.86. The molecule has 1 aliphatic heterocycles. The predicted molar refractivity (Wildman–Crippen MR) is 96.4 cm³/mol. The number of benzene rings is 1. The summed E-state index contributed by atoms with van der Waals surface area (Å²) < 4.78 is 5.67. The van der Waals surface area contributed by atoms with Crippen LogP contribution in [-0.4, -0.2) is 31.6 Å². The Balaban J connectivity index is 0.00000264. The molecule has 23 heavy (non-hydrogen) atoms. The van der Waals surface area contributed by atoms with Gasteiger partial charge in [0.25, 0.3) is 0 Å². The molecule has 1 aromatic rings. The van der Waals surface area contributed by atoms with Gasteiger partial charge in [0, 0.05) is 6.54 Å². The first-order valence-electron chi connectivity index (χ1n) is 8.20. The van der Waals surface area contributed by atoms with Crippen molar-refractivity contribution in [1.29, 1.82) is 0 Å². The van der Waals surface area contributed by atoms with Crippen LogP contribution in [0.15, 0.2) is 24.3 Å². The minimum Gasteiger partial charge on any atom is -0.491 e. The van der Waals surface area contributed by atoms with Crippen molar-refractivity contribution in [2.24, 2.45) is 5.41 Å². The number of halogens is 1. The van der Waals surface area contributed by atoms with Crippen molar-refractivity contribution >= 4 is 18.3 Å². The highest BCUT2D eigenvalue weighted by atomic mass is 35.5. The lowest BCUT2D eigenvalue weighted by Gasteiger charge is -2.34. The van der Waals surface area contributed by atoms with Crippen LogP contribution in [0.2, 0.25) is 0 Å². The van der Waals surface area contributed by atoms with Crippen LogP contribution in [0, 0.1) is 5.41 Å². The van der Waals surface area contributed by atoms with E-state index < -0.39 is 0 Å². The predicted octanol–water partition coefficient (Wildman–Crippen LogP) is 2.94. The van der Waals surface area contributed by atoms with Gasteiger partial charge in [-0.2, -0.15) is 0 Å². The summed E-state index contributed by atoms with van der Waals surface area (Å²) in [5.74, 6) is 0.909. The van der Waals surface area contributed by atoms with E-state index in [4.69, 9.17) is 4.74 Å². The quantitative estimate of drug-likeness (QED) is 0.837. The van der Waals surface area contributed by atoms with Gasteiger partial charge in [0.2, 0.25) is 5.91 Å². The Bertz CT molecular complexity index is 500. The molecule has 0 aliphatic carbocycles. The van der Waals surface area contributed by atoms with Crippen LogP contribution in [0.1, 0.15) is 39.2 Å². The fourth-order valence-electron chi connectivity index (χ4n) is 2.77. The van der Waals surface area contributed by atoms with Crippen LogP contribution in [0.3, 0.4) is 0 Å². The third-order valence-electron chi connectivity index (χ3n) is 4.16. The molecular formula is C18H29ClN2O2. The van der Waals surface area contributed by atoms with Gasteiger partial charge in [0.1, 0.15) is 5.75 Å². The van der Waals surface area contributed by atoms with Crippen LogP contribution in [-0.2, 0) is 11.2 Å². The minimum absolute atomic E-state index is 0. The molecule has 130 valence electrons. The van der Waals surface area contributed by atoms with E-state index in [0.717, 1.165) is 43.8 Å². The van der Waals surface area contributed by atoms with Crippen LogP contribution in [0.5, 0.6) is 5.75 Å². The standard InChI is InChI=1S/C18H28N2O2.ClH/c1-14(2)22-16-6-4-5-15(11-16)12-17(21)20-13-18(3)7-9-19-10-8-18;/h4-6,11,14,19H,7-10,12-13H2,1-3H3,(H,20,21);1H. The van der Waals surface area contributed by atoms with Gasteiger partial charge in [-0.3, -0.25) is 4.79 Å². The number of hydrogen-bond acceptors (Lipinski definition) is 3. The van der Waals surface area contributed by atoms with Gasteiger partial charge in [-0.1, -0.05) is 19.1 Å². The molecule has 4 nitrogen and oxygen atoms in total. The van der Waals surface area contributed by atoms with Gasteiger partial charge < -0.3 is 15.4 Å². The monoisotopic (exact) mass is 340 g/mol. The molecule has 1 fully saturated rings. The maximum atomic E-state index is 12.2. The zero-order valence-electron chi connectivity index (χ0n) is 14.4. The highest BCUT2D eigenvalue weighted by Crippen LogP contribution is 2.26. The van der Waals surface area contributed by atoms with E-state index in [0.29, 0.717) is 6.42 Å². The van der Waals surface area contributed by atoms with Crippen molar-refractivity contribution in [3.63, 3.8) is 0 Å². The third kappa shape index (κ3) is 6.80. The normalized spacial score (nSPS) is 16.5. The maximum absolute atomic E-state index is 12.2. The third-order valence-corrected chi connectivity index (χ3v) is 4.16. The molecule has 0 radical (unpaired) electrons.